The molecule has 4 aliphatic rings. The van der Waals surface area contributed by atoms with Gasteiger partial charge in [-0.05, 0) is 57.0 Å². The first-order valence-electron chi connectivity index (χ1n) is 10.7. The first-order chi connectivity index (χ1) is 13.3. The van der Waals surface area contributed by atoms with Crippen LogP contribution in [0.15, 0.2) is 16.1 Å². The second-order valence-corrected chi connectivity index (χ2v) is 9.47. The summed E-state index contributed by atoms with van der Waals surface area (Å²) in [5, 5.41) is 26.1. The van der Waals surface area contributed by atoms with Crippen LogP contribution in [0.2, 0.25) is 0 Å². The molecule has 1 unspecified atom stereocenters. The Morgan fingerprint density at radius 1 is 1.43 bits per heavy atom. The third-order valence-electron chi connectivity index (χ3n) is 8.81. The number of likely N-dealkylation sites (tertiary alicyclic amines) is 1. The number of guanidine groups is 1. The standard InChI is InChI=1S/C21H34N4O3/c1-12-4-5-13-8-15-17(18(27)28)16(26)9-20(12,15)21(13)11-25(19(22)24-3)7-6-14(21)10-23-2/h12-14,16,23,26H,4-11H2,1-3H3,(H2,22,24)(H,27,28)/t12-,13-,14-,16+,20+,21-/m1/s1. The van der Waals surface area contributed by atoms with E-state index in [1.165, 1.54) is 4.90 Å². The number of quaternary nitrogens is 1. The number of nitrogens with two attached hydrogens (primary N) is 1. The van der Waals surface area contributed by atoms with Crippen molar-refractivity contribution in [2.75, 3.05) is 33.7 Å². The fourth-order valence-corrected chi connectivity index (χ4v) is 7.90. The van der Waals surface area contributed by atoms with Crippen LogP contribution in [0.25, 0.3) is 0 Å². The van der Waals surface area contributed by atoms with E-state index < -0.39 is 12.1 Å². The number of piperidine rings is 1. The monoisotopic (exact) mass is 390 g/mol. The lowest BCUT2D eigenvalue weighted by Gasteiger charge is -2.60. The summed E-state index contributed by atoms with van der Waals surface area (Å²) in [7, 11) is 3.73. The molecule has 0 aromatic rings. The Hall–Kier alpha value is -1.44. The molecule has 7 nitrogen and oxygen atoms in total. The van der Waals surface area contributed by atoms with Gasteiger partial charge in [0, 0.05) is 29.9 Å². The summed E-state index contributed by atoms with van der Waals surface area (Å²) in [6, 6.07) is 0. The zero-order valence-corrected chi connectivity index (χ0v) is 17.3. The van der Waals surface area contributed by atoms with Crippen molar-refractivity contribution in [3.8, 4) is 0 Å². The summed E-state index contributed by atoms with van der Waals surface area (Å²) >= 11 is 0. The van der Waals surface area contributed by atoms with Gasteiger partial charge in [0.25, 0.3) is 5.96 Å². The molecule has 1 heterocycles. The van der Waals surface area contributed by atoms with Crippen LogP contribution in [0, 0.1) is 28.6 Å². The van der Waals surface area contributed by atoms with Gasteiger partial charge in [-0.1, -0.05) is 12.5 Å². The summed E-state index contributed by atoms with van der Waals surface area (Å²) in [4.78, 5) is 17.4. The maximum absolute atomic E-state index is 12.0. The predicted molar refractivity (Wildman–Crippen MR) is 104 cm³/mol. The van der Waals surface area contributed by atoms with Crippen molar-refractivity contribution in [3.05, 3.63) is 11.1 Å². The van der Waals surface area contributed by atoms with Crippen LogP contribution >= 0.6 is 0 Å². The van der Waals surface area contributed by atoms with Gasteiger partial charge in [-0.25, -0.2) is 4.99 Å². The van der Waals surface area contributed by atoms with Crippen LogP contribution in [0.3, 0.4) is 0 Å². The number of allylic oxidation sites excluding steroid dienone is 1. The number of nitrogens with zero attached hydrogens (tertiary/aromatic N) is 1. The molecule has 28 heavy (non-hydrogen) atoms. The zero-order chi connectivity index (χ0) is 20.3. The molecule has 0 aromatic heterocycles. The molecule has 2 saturated carbocycles. The molecule has 2 spiro atoms. The summed E-state index contributed by atoms with van der Waals surface area (Å²) in [5.41, 5.74) is 7.11. The highest BCUT2D eigenvalue weighted by Gasteiger charge is 2.73. The molecule has 4 rings (SSSR count). The van der Waals surface area contributed by atoms with Gasteiger partial charge in [0.05, 0.1) is 25.2 Å². The van der Waals surface area contributed by atoms with Crippen molar-refractivity contribution in [1.82, 2.24) is 5.32 Å². The Labute approximate surface area is 167 Å². The highest BCUT2D eigenvalue weighted by atomic mass is 16.4. The molecular weight excluding hydrogens is 356 g/mol. The summed E-state index contributed by atoms with van der Waals surface area (Å²) < 4.78 is 0. The van der Waals surface area contributed by atoms with Crippen molar-refractivity contribution < 1.29 is 19.9 Å². The van der Waals surface area contributed by atoms with Crippen LogP contribution in [-0.4, -0.2) is 56.9 Å². The zero-order valence-electron chi connectivity index (χ0n) is 17.3. The predicted octanol–water partition coefficient (Wildman–Crippen LogP) is -1.71. The quantitative estimate of drug-likeness (QED) is 0.338. The number of aliphatic hydroxyl groups excluding tert-OH is 1. The summed E-state index contributed by atoms with van der Waals surface area (Å²) in [6.45, 7) is 4.99. The van der Waals surface area contributed by atoms with Crippen LogP contribution < -0.4 is 21.1 Å². The summed E-state index contributed by atoms with van der Waals surface area (Å²) in [6.07, 6.45) is 3.60. The second kappa shape index (κ2) is 6.82. The molecule has 5 N–H and O–H groups in total. The number of aliphatic carboxylic acids is 1. The lowest BCUT2D eigenvalue weighted by molar-refractivity contribution is -0.828. The van der Waals surface area contributed by atoms with Gasteiger partial charge in [0.2, 0.25) is 0 Å². The molecule has 1 saturated heterocycles. The largest absolute Gasteiger partial charge is 0.545 e. The minimum Gasteiger partial charge on any atom is -0.545 e. The number of carbonyl (C=O) groups excluding carboxylic acids is 1. The van der Waals surface area contributed by atoms with E-state index in [2.05, 4.69) is 17.2 Å². The van der Waals surface area contributed by atoms with Crippen LogP contribution in [-0.2, 0) is 4.79 Å². The normalized spacial score (nSPS) is 45.6. The maximum atomic E-state index is 12.0. The van der Waals surface area contributed by atoms with Crippen molar-refractivity contribution in [3.63, 3.8) is 0 Å². The fourth-order valence-electron chi connectivity index (χ4n) is 7.90. The topological polar surface area (TPSA) is 115 Å². The first kappa shape index (κ1) is 19.9. The van der Waals surface area contributed by atoms with Crippen molar-refractivity contribution in [2.45, 2.75) is 45.1 Å². The SMILES string of the molecule is CN=C(N)[NH+]1CC[C@H](CNC)[C@@]2(C1)[C@@H]1CC[C@@H](C)[C@]23C[C@H](O)C(C(=O)[O-])=C3C1. The number of carbonyl (C=O) groups is 1. The third kappa shape index (κ3) is 2.33. The molecule has 2 bridgehead atoms. The van der Waals surface area contributed by atoms with Crippen molar-refractivity contribution in [1.29, 1.82) is 0 Å². The Morgan fingerprint density at radius 2 is 2.18 bits per heavy atom. The molecule has 0 aromatic carbocycles. The number of aliphatic hydroxyl groups is 1. The highest BCUT2D eigenvalue weighted by molar-refractivity contribution is 5.88. The number of nitrogens with one attached hydrogen (secondary N) is 2. The molecule has 3 fully saturated rings. The van der Waals surface area contributed by atoms with Crippen LogP contribution in [0.1, 0.15) is 39.0 Å². The van der Waals surface area contributed by atoms with Gasteiger partial charge in [-0.15, -0.1) is 0 Å². The average Bonchev–Trinajstić information content (AvgIpc) is 3.03. The molecule has 156 valence electrons. The fraction of sp³-hybridized carbons (Fsp3) is 0.810. The van der Waals surface area contributed by atoms with E-state index in [-0.39, 0.29) is 16.4 Å². The number of carboxylic acid groups (broad SMARTS) is 1. The van der Waals surface area contributed by atoms with Gasteiger partial charge in [-0.2, -0.15) is 0 Å². The van der Waals surface area contributed by atoms with Gasteiger partial charge >= 0.3 is 0 Å². The minimum atomic E-state index is -1.19. The van der Waals surface area contributed by atoms with E-state index in [1.54, 1.807) is 7.05 Å². The third-order valence-corrected chi connectivity index (χ3v) is 8.81. The second-order valence-electron chi connectivity index (χ2n) is 9.47. The first-order valence-corrected chi connectivity index (χ1v) is 10.7. The van der Waals surface area contributed by atoms with Gasteiger partial charge in [-0.3, -0.25) is 4.90 Å². The van der Waals surface area contributed by atoms with E-state index >= 15 is 0 Å². The van der Waals surface area contributed by atoms with E-state index in [0.717, 1.165) is 50.9 Å². The maximum Gasteiger partial charge on any atom is 0.293 e. The van der Waals surface area contributed by atoms with Gasteiger partial charge in [0.15, 0.2) is 0 Å². The van der Waals surface area contributed by atoms with E-state index in [1.807, 2.05) is 7.05 Å². The number of hydrogen-bond acceptors (Lipinski definition) is 5. The molecular formula is C21H34N4O3. The molecule has 0 radical (unpaired) electrons. The van der Waals surface area contributed by atoms with Crippen LogP contribution in [0.4, 0.5) is 0 Å². The number of aliphatic imine (C=N–C) groups is 1. The Balaban J connectivity index is 1.91. The van der Waals surface area contributed by atoms with E-state index in [4.69, 9.17) is 5.73 Å². The molecule has 7 heteroatoms. The van der Waals surface area contributed by atoms with Crippen molar-refractivity contribution in [2.24, 2.45) is 39.3 Å². The lowest BCUT2D eigenvalue weighted by atomic mass is 9.45. The Kier molecular flexibility index (Phi) is 4.83. The molecule has 7 atom stereocenters. The average molecular weight is 391 g/mol. The molecule has 1 aliphatic heterocycles. The molecule has 0 amide bonds. The highest BCUT2D eigenvalue weighted by Crippen LogP contribution is 2.75. The molecule has 3 aliphatic carbocycles. The van der Waals surface area contributed by atoms with Gasteiger partial charge in [0.1, 0.15) is 0 Å². The number of carboxylic acids is 1. The Bertz CT molecular complexity index is 735. The summed E-state index contributed by atoms with van der Waals surface area (Å²) in [5.74, 6) is 0.657. The number of hydrogen-bond donors (Lipinski definition) is 4. The van der Waals surface area contributed by atoms with Crippen molar-refractivity contribution >= 4 is 11.9 Å². The van der Waals surface area contributed by atoms with E-state index in [9.17, 15) is 15.0 Å². The van der Waals surface area contributed by atoms with Crippen LogP contribution in [0.5, 0.6) is 0 Å². The van der Waals surface area contributed by atoms with Gasteiger partial charge < -0.3 is 26.1 Å². The number of rotatable bonds is 3. The lowest BCUT2D eigenvalue weighted by Crippen LogP contribution is -3.19. The minimum absolute atomic E-state index is 0.0654. The van der Waals surface area contributed by atoms with E-state index in [0.29, 0.717) is 30.1 Å². The Morgan fingerprint density at radius 3 is 2.82 bits per heavy atom. The smallest absolute Gasteiger partial charge is 0.293 e.